The number of piperidine rings is 1. The lowest BCUT2D eigenvalue weighted by molar-refractivity contribution is 0.175. The number of halogens is 1. The van der Waals surface area contributed by atoms with Crippen LogP contribution in [0.4, 0.5) is 10.5 Å². The van der Waals surface area contributed by atoms with E-state index in [4.69, 9.17) is 21.6 Å². The molecule has 2 aromatic rings. The fraction of sp³-hybridized carbons (Fsp3) is 0.318. The van der Waals surface area contributed by atoms with Crippen LogP contribution >= 0.6 is 23.4 Å². The van der Waals surface area contributed by atoms with Crippen molar-refractivity contribution in [2.75, 3.05) is 24.2 Å². The van der Waals surface area contributed by atoms with Crippen molar-refractivity contribution in [1.29, 1.82) is 0 Å². The highest BCUT2D eigenvalue weighted by molar-refractivity contribution is 8.15. The van der Waals surface area contributed by atoms with Gasteiger partial charge in [-0.2, -0.15) is 0 Å². The average Bonchev–Trinajstić information content (AvgIpc) is 3.09. The zero-order valence-electron chi connectivity index (χ0n) is 16.3. The van der Waals surface area contributed by atoms with Gasteiger partial charge in [0.05, 0.1) is 5.71 Å². The number of nitrogens with zero attached hydrogens (tertiary/aromatic N) is 3. The maximum atomic E-state index is 12.6. The molecule has 5 nitrogen and oxygen atoms in total. The van der Waals surface area contributed by atoms with E-state index < -0.39 is 5.66 Å². The van der Waals surface area contributed by atoms with Crippen LogP contribution in [0.1, 0.15) is 25.3 Å². The van der Waals surface area contributed by atoms with Gasteiger partial charge in [-0.3, -0.25) is 4.99 Å². The standard InChI is InChI=1S/C22H23ClN4OS/c1-2-29-20-19(16-6-4-3-5-7-16)25-22(26-20)12-14-27(15-13-22)21(28)24-18-10-8-17(23)9-11-18/h3-11H,2,12-15H2,1H3,(H,24,28). The molecule has 4 rings (SSSR count). The Hall–Kier alpha value is -2.31. The van der Waals surface area contributed by atoms with Crippen molar-refractivity contribution in [3.63, 3.8) is 0 Å². The Morgan fingerprint density at radius 3 is 2.45 bits per heavy atom. The SMILES string of the molecule is CCSC1=NC2(CCN(C(=O)Nc3ccc(Cl)cc3)CC2)N=C1c1ccccc1. The van der Waals surface area contributed by atoms with E-state index >= 15 is 0 Å². The molecule has 2 aliphatic heterocycles. The minimum absolute atomic E-state index is 0.0976. The fourth-order valence-electron chi connectivity index (χ4n) is 3.57. The average molecular weight is 427 g/mol. The van der Waals surface area contributed by atoms with Crippen LogP contribution in [0.15, 0.2) is 64.6 Å². The lowest BCUT2D eigenvalue weighted by atomic mass is 9.98. The Labute approximate surface area is 180 Å². The third-order valence-electron chi connectivity index (χ3n) is 5.11. The van der Waals surface area contributed by atoms with Crippen molar-refractivity contribution in [1.82, 2.24) is 4.90 Å². The zero-order valence-corrected chi connectivity index (χ0v) is 17.8. The van der Waals surface area contributed by atoms with Gasteiger partial charge in [-0.15, -0.1) is 11.8 Å². The summed E-state index contributed by atoms with van der Waals surface area (Å²) in [6.07, 6.45) is 1.45. The minimum Gasteiger partial charge on any atom is -0.324 e. The molecule has 1 spiro atoms. The van der Waals surface area contributed by atoms with E-state index in [2.05, 4.69) is 24.4 Å². The number of carbonyl (C=O) groups excluding carboxylic acids is 1. The first-order valence-corrected chi connectivity index (χ1v) is 11.1. The van der Waals surface area contributed by atoms with Crippen LogP contribution in [0.5, 0.6) is 0 Å². The molecule has 1 saturated heterocycles. The number of nitrogens with one attached hydrogen (secondary N) is 1. The molecule has 29 heavy (non-hydrogen) atoms. The molecule has 2 aliphatic rings. The number of hydrogen-bond donors (Lipinski definition) is 1. The first kappa shape index (κ1) is 20.0. The fourth-order valence-corrected chi connectivity index (χ4v) is 4.51. The van der Waals surface area contributed by atoms with Gasteiger partial charge in [0.1, 0.15) is 5.04 Å². The molecule has 0 saturated carbocycles. The van der Waals surface area contributed by atoms with Crippen LogP contribution in [0.2, 0.25) is 5.02 Å². The molecule has 0 bridgehead atoms. The lowest BCUT2D eigenvalue weighted by Crippen LogP contribution is -2.46. The third kappa shape index (κ3) is 4.49. The van der Waals surface area contributed by atoms with Gasteiger partial charge in [-0.05, 0) is 30.0 Å². The Morgan fingerprint density at radius 1 is 1.10 bits per heavy atom. The highest BCUT2D eigenvalue weighted by Gasteiger charge is 2.40. The summed E-state index contributed by atoms with van der Waals surface area (Å²) in [5, 5.41) is 4.59. The smallest absolute Gasteiger partial charge is 0.321 e. The number of likely N-dealkylation sites (tertiary alicyclic amines) is 1. The summed E-state index contributed by atoms with van der Waals surface area (Å²) in [7, 11) is 0. The van der Waals surface area contributed by atoms with Gasteiger partial charge in [0.2, 0.25) is 0 Å². The Balaban J connectivity index is 1.45. The molecule has 1 N–H and O–H groups in total. The van der Waals surface area contributed by atoms with Crippen LogP contribution in [-0.2, 0) is 0 Å². The predicted octanol–water partition coefficient (Wildman–Crippen LogP) is 5.32. The Bertz CT molecular complexity index is 935. The Kier molecular flexibility index (Phi) is 5.92. The van der Waals surface area contributed by atoms with E-state index in [9.17, 15) is 4.79 Å². The number of anilines is 1. The number of benzene rings is 2. The normalized spacial score (nSPS) is 17.8. The third-order valence-corrected chi connectivity index (χ3v) is 6.21. The number of urea groups is 1. The topological polar surface area (TPSA) is 57.1 Å². The summed E-state index contributed by atoms with van der Waals surface area (Å²) in [5.41, 5.74) is 2.38. The minimum atomic E-state index is -0.445. The van der Waals surface area contributed by atoms with Gasteiger partial charge in [0, 0.05) is 42.2 Å². The highest BCUT2D eigenvalue weighted by Crippen LogP contribution is 2.35. The van der Waals surface area contributed by atoms with Crippen LogP contribution in [0.3, 0.4) is 0 Å². The van der Waals surface area contributed by atoms with E-state index in [0.29, 0.717) is 18.1 Å². The van der Waals surface area contributed by atoms with Gasteiger partial charge in [-0.25, -0.2) is 9.79 Å². The van der Waals surface area contributed by atoms with E-state index in [1.54, 1.807) is 36.0 Å². The summed E-state index contributed by atoms with van der Waals surface area (Å²) >= 11 is 7.64. The molecular formula is C22H23ClN4OS. The molecule has 0 unspecified atom stereocenters. The molecule has 2 aromatic carbocycles. The summed E-state index contributed by atoms with van der Waals surface area (Å²) in [4.78, 5) is 24.5. The van der Waals surface area contributed by atoms with Crippen molar-refractivity contribution in [3.05, 3.63) is 65.2 Å². The van der Waals surface area contributed by atoms with Crippen LogP contribution in [0, 0.1) is 0 Å². The van der Waals surface area contributed by atoms with Crippen molar-refractivity contribution < 1.29 is 4.79 Å². The molecule has 0 radical (unpaired) electrons. The van der Waals surface area contributed by atoms with Crippen LogP contribution in [-0.4, -0.2) is 46.2 Å². The van der Waals surface area contributed by atoms with Gasteiger partial charge < -0.3 is 10.2 Å². The molecule has 0 aromatic heterocycles. The van der Waals surface area contributed by atoms with E-state index in [-0.39, 0.29) is 6.03 Å². The lowest BCUT2D eigenvalue weighted by Gasteiger charge is -2.35. The summed E-state index contributed by atoms with van der Waals surface area (Å²) in [6, 6.07) is 17.3. The van der Waals surface area contributed by atoms with Crippen molar-refractivity contribution in [2.24, 2.45) is 9.98 Å². The van der Waals surface area contributed by atoms with Crippen molar-refractivity contribution >= 4 is 45.8 Å². The highest BCUT2D eigenvalue weighted by atomic mass is 35.5. The Morgan fingerprint density at radius 2 is 1.79 bits per heavy atom. The quantitative estimate of drug-likeness (QED) is 0.722. The second-order valence-electron chi connectivity index (χ2n) is 7.08. The van der Waals surface area contributed by atoms with Crippen molar-refractivity contribution in [3.8, 4) is 0 Å². The largest absolute Gasteiger partial charge is 0.324 e. The molecule has 7 heteroatoms. The van der Waals surface area contributed by atoms with Crippen LogP contribution in [0.25, 0.3) is 0 Å². The molecular weight excluding hydrogens is 404 g/mol. The number of rotatable bonds is 3. The molecule has 0 aliphatic carbocycles. The van der Waals surface area contributed by atoms with Crippen molar-refractivity contribution in [2.45, 2.75) is 25.4 Å². The zero-order chi connectivity index (χ0) is 20.3. The van der Waals surface area contributed by atoms with E-state index in [0.717, 1.165) is 40.6 Å². The van der Waals surface area contributed by atoms with Gasteiger partial charge in [0.25, 0.3) is 0 Å². The molecule has 0 atom stereocenters. The van der Waals surface area contributed by atoms with Gasteiger partial charge in [-0.1, -0.05) is 48.9 Å². The second kappa shape index (κ2) is 8.59. The maximum absolute atomic E-state index is 12.6. The number of thioether (sulfide) groups is 1. The number of amides is 2. The molecule has 150 valence electrons. The monoisotopic (exact) mass is 426 g/mol. The molecule has 2 amide bonds. The van der Waals surface area contributed by atoms with Gasteiger partial charge in [0.15, 0.2) is 5.66 Å². The van der Waals surface area contributed by atoms with Crippen LogP contribution < -0.4 is 5.32 Å². The first-order chi connectivity index (χ1) is 14.1. The number of carbonyl (C=O) groups is 1. The van der Waals surface area contributed by atoms with E-state index in [1.807, 2.05) is 23.1 Å². The summed E-state index contributed by atoms with van der Waals surface area (Å²) in [6.45, 7) is 3.38. The van der Waals surface area contributed by atoms with Gasteiger partial charge >= 0.3 is 6.03 Å². The first-order valence-electron chi connectivity index (χ1n) is 9.78. The molecule has 1 fully saturated rings. The van der Waals surface area contributed by atoms with E-state index in [1.165, 1.54) is 0 Å². The summed E-state index contributed by atoms with van der Waals surface area (Å²) < 4.78 is 0. The molecule has 2 heterocycles. The summed E-state index contributed by atoms with van der Waals surface area (Å²) in [5.74, 6) is 0.955. The predicted molar refractivity (Wildman–Crippen MR) is 123 cm³/mol. The number of aliphatic imine (C=N–C) groups is 2. The second-order valence-corrected chi connectivity index (χ2v) is 8.77. The maximum Gasteiger partial charge on any atom is 0.321 e. The number of hydrogen-bond acceptors (Lipinski definition) is 4.